The molecule has 0 amide bonds. The van der Waals surface area contributed by atoms with Gasteiger partial charge in [-0.15, -0.1) is 0 Å². The van der Waals surface area contributed by atoms with E-state index in [-0.39, 0.29) is 0 Å². The van der Waals surface area contributed by atoms with Gasteiger partial charge in [0.15, 0.2) is 0 Å². The van der Waals surface area contributed by atoms with Crippen molar-refractivity contribution in [3.05, 3.63) is 11.4 Å². The highest BCUT2D eigenvalue weighted by molar-refractivity contribution is 7.89. The van der Waals surface area contributed by atoms with Gasteiger partial charge in [-0.2, -0.15) is 5.10 Å². The summed E-state index contributed by atoms with van der Waals surface area (Å²) in [6.07, 6.45) is 4.66. The number of aryl methyl sites for hydroxylation is 1. The van der Waals surface area contributed by atoms with Gasteiger partial charge in [-0.1, -0.05) is 12.8 Å². The van der Waals surface area contributed by atoms with Gasteiger partial charge in [-0.3, -0.25) is 4.68 Å². The van der Waals surface area contributed by atoms with Crippen molar-refractivity contribution in [3.63, 3.8) is 0 Å². The molecule has 1 aliphatic rings. The maximum Gasteiger partial charge on any atom is 0.244 e. The quantitative estimate of drug-likeness (QED) is 0.671. The number of hydrogen-bond donors (Lipinski definition) is 2. The molecule has 1 saturated carbocycles. The van der Waals surface area contributed by atoms with Crippen molar-refractivity contribution in [1.82, 2.24) is 19.8 Å². The van der Waals surface area contributed by atoms with Gasteiger partial charge in [0.1, 0.15) is 4.90 Å². The second-order valence-electron chi connectivity index (χ2n) is 5.81. The third kappa shape index (κ3) is 4.28. The van der Waals surface area contributed by atoms with Crippen LogP contribution in [0, 0.1) is 19.8 Å². The molecule has 0 spiro atoms. The third-order valence-corrected chi connectivity index (χ3v) is 5.65. The average molecular weight is 314 g/mol. The van der Waals surface area contributed by atoms with E-state index in [2.05, 4.69) is 15.1 Å². The molecule has 0 atom stereocenters. The van der Waals surface area contributed by atoms with E-state index in [4.69, 9.17) is 0 Å². The number of sulfonamides is 1. The van der Waals surface area contributed by atoms with Crippen LogP contribution in [0.25, 0.3) is 0 Å². The Kier molecular flexibility index (Phi) is 5.40. The minimum atomic E-state index is -3.46. The van der Waals surface area contributed by atoms with E-state index < -0.39 is 10.0 Å². The smallest absolute Gasteiger partial charge is 0.244 e. The zero-order chi connectivity index (χ0) is 15.5. The lowest BCUT2D eigenvalue weighted by Crippen LogP contribution is -2.26. The van der Waals surface area contributed by atoms with Crippen LogP contribution in [0.1, 0.15) is 37.1 Å². The van der Waals surface area contributed by atoms with Crippen LogP contribution in [0.3, 0.4) is 0 Å². The maximum atomic E-state index is 12.4. The molecular weight excluding hydrogens is 288 g/mol. The number of nitrogens with zero attached hydrogens (tertiary/aromatic N) is 2. The van der Waals surface area contributed by atoms with Crippen molar-refractivity contribution in [2.45, 2.75) is 51.0 Å². The molecule has 6 nitrogen and oxygen atoms in total. The number of rotatable bonds is 9. The van der Waals surface area contributed by atoms with E-state index in [1.807, 2.05) is 14.0 Å². The molecule has 2 rings (SSSR count). The summed E-state index contributed by atoms with van der Waals surface area (Å²) in [5, 5.41) is 7.38. The molecule has 1 aromatic heterocycles. The molecule has 1 fully saturated rings. The van der Waals surface area contributed by atoms with Crippen LogP contribution in [0.2, 0.25) is 0 Å². The Morgan fingerprint density at radius 3 is 2.62 bits per heavy atom. The summed E-state index contributed by atoms with van der Waals surface area (Å²) in [5.41, 5.74) is 1.27. The fraction of sp³-hybridized carbons (Fsp3) is 0.786. The maximum absolute atomic E-state index is 12.4. The molecule has 2 N–H and O–H groups in total. The van der Waals surface area contributed by atoms with Crippen LogP contribution in [-0.2, 0) is 16.6 Å². The average Bonchev–Trinajstić information content (AvgIpc) is 3.18. The standard InChI is InChI=1S/C14H26N4O2S/c1-11-14(12(2)18(17-11)10-9-15-3)21(19,20)16-8-4-5-13-6-7-13/h13,15-16H,4-10H2,1-3H3. The summed E-state index contributed by atoms with van der Waals surface area (Å²) in [5.74, 6) is 0.835. The molecule has 0 radical (unpaired) electrons. The largest absolute Gasteiger partial charge is 0.318 e. The Morgan fingerprint density at radius 2 is 2.00 bits per heavy atom. The highest BCUT2D eigenvalue weighted by Gasteiger charge is 2.25. The lowest BCUT2D eigenvalue weighted by atomic mass is 10.2. The second-order valence-corrected chi connectivity index (χ2v) is 7.51. The van der Waals surface area contributed by atoms with Crippen molar-refractivity contribution in [2.75, 3.05) is 20.1 Å². The number of hydrogen-bond acceptors (Lipinski definition) is 4. The van der Waals surface area contributed by atoms with E-state index >= 15 is 0 Å². The van der Waals surface area contributed by atoms with Crippen LogP contribution >= 0.6 is 0 Å². The van der Waals surface area contributed by atoms with E-state index in [0.29, 0.717) is 29.4 Å². The van der Waals surface area contributed by atoms with Gasteiger partial charge in [0.25, 0.3) is 0 Å². The summed E-state index contributed by atoms with van der Waals surface area (Å²) < 4.78 is 29.3. The molecule has 7 heteroatoms. The molecule has 0 aliphatic heterocycles. The highest BCUT2D eigenvalue weighted by Crippen LogP contribution is 2.33. The molecule has 21 heavy (non-hydrogen) atoms. The normalized spacial score (nSPS) is 15.6. The number of likely N-dealkylation sites (N-methyl/N-ethyl adjacent to an activating group) is 1. The van der Waals surface area contributed by atoms with E-state index in [9.17, 15) is 8.42 Å². The molecular formula is C14H26N4O2S. The summed E-state index contributed by atoms with van der Waals surface area (Å²) in [6.45, 7) is 5.51. The van der Waals surface area contributed by atoms with Gasteiger partial charge >= 0.3 is 0 Å². The first-order valence-electron chi connectivity index (χ1n) is 7.64. The first kappa shape index (κ1) is 16.5. The Morgan fingerprint density at radius 1 is 1.29 bits per heavy atom. The summed E-state index contributed by atoms with van der Waals surface area (Å²) in [4.78, 5) is 0.338. The summed E-state index contributed by atoms with van der Waals surface area (Å²) in [6, 6.07) is 0. The second kappa shape index (κ2) is 6.89. The SMILES string of the molecule is CNCCn1nc(C)c(S(=O)(=O)NCCCC2CC2)c1C. The minimum absolute atomic E-state index is 0.338. The topological polar surface area (TPSA) is 76.0 Å². The minimum Gasteiger partial charge on any atom is -0.318 e. The molecule has 120 valence electrons. The fourth-order valence-corrected chi connectivity index (χ4v) is 4.06. The first-order chi connectivity index (χ1) is 9.95. The van der Waals surface area contributed by atoms with Crippen LogP contribution in [0.5, 0.6) is 0 Å². The van der Waals surface area contributed by atoms with Crippen molar-refractivity contribution < 1.29 is 8.42 Å². The van der Waals surface area contributed by atoms with Crippen molar-refractivity contribution >= 4 is 10.0 Å². The van der Waals surface area contributed by atoms with E-state index in [1.54, 1.807) is 11.6 Å². The van der Waals surface area contributed by atoms with Gasteiger partial charge in [0.2, 0.25) is 10.0 Å². The number of nitrogens with one attached hydrogen (secondary N) is 2. The zero-order valence-electron chi connectivity index (χ0n) is 13.1. The molecule has 0 aromatic carbocycles. The Balaban J connectivity index is 2.01. The van der Waals surface area contributed by atoms with Crippen molar-refractivity contribution in [1.29, 1.82) is 0 Å². The molecule has 1 heterocycles. The van der Waals surface area contributed by atoms with Gasteiger partial charge in [-0.25, -0.2) is 13.1 Å². The lowest BCUT2D eigenvalue weighted by Gasteiger charge is -2.08. The molecule has 1 aromatic rings. The van der Waals surface area contributed by atoms with Crippen molar-refractivity contribution in [2.24, 2.45) is 5.92 Å². The van der Waals surface area contributed by atoms with Gasteiger partial charge in [0.05, 0.1) is 17.9 Å². The zero-order valence-corrected chi connectivity index (χ0v) is 14.0. The van der Waals surface area contributed by atoms with Crippen LogP contribution < -0.4 is 10.0 Å². The summed E-state index contributed by atoms with van der Waals surface area (Å²) >= 11 is 0. The summed E-state index contributed by atoms with van der Waals surface area (Å²) in [7, 11) is -1.59. The number of aromatic nitrogens is 2. The van der Waals surface area contributed by atoms with Crippen LogP contribution in [0.15, 0.2) is 4.90 Å². The van der Waals surface area contributed by atoms with Gasteiger partial charge < -0.3 is 5.32 Å². The van der Waals surface area contributed by atoms with E-state index in [1.165, 1.54) is 12.8 Å². The van der Waals surface area contributed by atoms with Crippen LogP contribution in [0.4, 0.5) is 0 Å². The third-order valence-electron chi connectivity index (χ3n) is 3.94. The molecule has 0 unspecified atom stereocenters. The Bertz CT molecular complexity index is 576. The van der Waals surface area contributed by atoms with Crippen LogP contribution in [-0.4, -0.2) is 38.3 Å². The van der Waals surface area contributed by atoms with Crippen molar-refractivity contribution in [3.8, 4) is 0 Å². The molecule has 0 saturated heterocycles. The van der Waals surface area contributed by atoms with Gasteiger partial charge in [-0.05, 0) is 39.7 Å². The Labute approximate surface area is 127 Å². The monoisotopic (exact) mass is 314 g/mol. The molecule has 1 aliphatic carbocycles. The first-order valence-corrected chi connectivity index (χ1v) is 9.12. The fourth-order valence-electron chi connectivity index (χ4n) is 2.58. The lowest BCUT2D eigenvalue weighted by molar-refractivity contribution is 0.561. The predicted octanol–water partition coefficient (Wildman–Crippen LogP) is 1.19. The predicted molar refractivity (Wildman–Crippen MR) is 82.8 cm³/mol. The highest BCUT2D eigenvalue weighted by atomic mass is 32.2. The van der Waals surface area contributed by atoms with E-state index in [0.717, 1.165) is 25.3 Å². The molecule has 0 bridgehead atoms. The Hall–Kier alpha value is -0.920. The van der Waals surface area contributed by atoms with Gasteiger partial charge in [0, 0.05) is 13.1 Å².